The Hall–Kier alpha value is -5.04. The normalized spacial score (nSPS) is 11.4. The van der Waals surface area contributed by atoms with Crippen LogP contribution in [-0.4, -0.2) is 22.5 Å². The molecule has 0 saturated heterocycles. The number of para-hydroxylation sites is 1. The van der Waals surface area contributed by atoms with E-state index in [1.54, 1.807) is 24.3 Å². The lowest BCUT2D eigenvalue weighted by Crippen LogP contribution is -2.20. The van der Waals surface area contributed by atoms with E-state index in [1.807, 2.05) is 55.5 Å². The van der Waals surface area contributed by atoms with E-state index < -0.39 is 0 Å². The average molecular weight is 503 g/mol. The first-order valence-electron chi connectivity index (χ1n) is 12.2. The molecule has 0 bridgehead atoms. The van der Waals surface area contributed by atoms with Gasteiger partial charge in [0.1, 0.15) is 0 Å². The van der Waals surface area contributed by atoms with E-state index in [9.17, 15) is 9.59 Å². The quantitative estimate of drug-likeness (QED) is 0.204. The zero-order chi connectivity index (χ0) is 26.6. The van der Waals surface area contributed by atoms with Gasteiger partial charge >= 0.3 is 0 Å². The van der Waals surface area contributed by atoms with Crippen molar-refractivity contribution in [3.8, 4) is 11.3 Å². The Kier molecular flexibility index (Phi) is 6.82. The van der Waals surface area contributed by atoms with Gasteiger partial charge in [0.25, 0.3) is 11.8 Å². The number of hydrogen-bond donors (Lipinski definition) is 2. The summed E-state index contributed by atoms with van der Waals surface area (Å²) < 4.78 is 5.11. The lowest BCUT2D eigenvalue weighted by Gasteiger charge is -2.11. The average Bonchev–Trinajstić information content (AvgIpc) is 3.48. The number of anilines is 1. The Balaban J connectivity index is 1.36. The molecular formula is C31H26N4O3. The van der Waals surface area contributed by atoms with Crippen molar-refractivity contribution in [1.82, 2.24) is 10.4 Å². The Bertz CT molecular complexity index is 1670. The van der Waals surface area contributed by atoms with Gasteiger partial charge in [0.05, 0.1) is 28.7 Å². The summed E-state index contributed by atoms with van der Waals surface area (Å²) in [4.78, 5) is 30.2. The van der Waals surface area contributed by atoms with Crippen LogP contribution in [0.3, 0.4) is 0 Å². The molecule has 2 heterocycles. The molecule has 2 amide bonds. The number of hydrazone groups is 1. The minimum atomic E-state index is -0.329. The van der Waals surface area contributed by atoms with Gasteiger partial charge in [0.15, 0.2) is 5.76 Å². The minimum absolute atomic E-state index is 0.235. The smallest absolute Gasteiger partial charge is 0.291 e. The van der Waals surface area contributed by atoms with E-state index in [2.05, 4.69) is 41.8 Å². The molecule has 0 atom stereocenters. The van der Waals surface area contributed by atoms with Gasteiger partial charge in [0, 0.05) is 16.6 Å². The number of aromatic nitrogens is 1. The van der Waals surface area contributed by atoms with Crippen LogP contribution in [0.25, 0.3) is 22.2 Å². The zero-order valence-electron chi connectivity index (χ0n) is 21.3. The largest absolute Gasteiger partial charge is 0.459 e. The molecule has 5 aromatic rings. The molecule has 0 aliphatic heterocycles. The molecule has 2 N–H and O–H groups in total. The maximum atomic E-state index is 13.3. The highest BCUT2D eigenvalue weighted by Crippen LogP contribution is 2.26. The van der Waals surface area contributed by atoms with E-state index in [4.69, 9.17) is 9.40 Å². The first kappa shape index (κ1) is 24.6. The monoisotopic (exact) mass is 502 g/mol. The maximum Gasteiger partial charge on any atom is 0.291 e. The van der Waals surface area contributed by atoms with Crippen LogP contribution in [0.2, 0.25) is 0 Å². The van der Waals surface area contributed by atoms with Gasteiger partial charge in [-0.05, 0) is 79.9 Å². The predicted octanol–water partition coefficient (Wildman–Crippen LogP) is 6.52. The lowest BCUT2D eigenvalue weighted by molar-refractivity contribution is 0.0955. The van der Waals surface area contributed by atoms with E-state index in [-0.39, 0.29) is 17.6 Å². The molecule has 0 spiro atoms. The zero-order valence-corrected chi connectivity index (χ0v) is 21.3. The standard InChI is InChI=1S/C31H26N4O3/c1-19-10-11-23(17-20(19)2)28-18-26(25-7-4-5-8-27(25)33-28)30(36)35-34-21(3)22-12-14-24(15-13-22)32-31(37)29-9-6-16-38-29/h4-18H,1-3H3,(H,32,37)(H,35,36). The molecule has 0 radical (unpaired) electrons. The van der Waals surface area contributed by atoms with Gasteiger partial charge in [-0.15, -0.1) is 0 Å². The third kappa shape index (κ3) is 5.22. The second-order valence-electron chi connectivity index (χ2n) is 9.02. The highest BCUT2D eigenvalue weighted by Gasteiger charge is 2.15. The number of hydrogen-bond acceptors (Lipinski definition) is 5. The summed E-state index contributed by atoms with van der Waals surface area (Å²) in [5.41, 5.74) is 10.0. The van der Waals surface area contributed by atoms with Gasteiger partial charge in [-0.1, -0.05) is 42.5 Å². The molecule has 5 rings (SSSR count). The molecule has 0 unspecified atom stereocenters. The van der Waals surface area contributed by atoms with Crippen molar-refractivity contribution in [2.75, 3.05) is 5.32 Å². The molecule has 188 valence electrons. The SMILES string of the molecule is CC(=NNC(=O)c1cc(-c2ccc(C)c(C)c2)nc2ccccc12)c1ccc(NC(=O)c2ccco2)cc1. The number of furan rings is 1. The number of pyridine rings is 1. The fraction of sp³-hybridized carbons (Fsp3) is 0.0968. The number of amides is 2. The number of fused-ring (bicyclic) bond motifs is 1. The van der Waals surface area contributed by atoms with Crippen LogP contribution in [0, 0.1) is 13.8 Å². The number of nitrogens with one attached hydrogen (secondary N) is 2. The van der Waals surface area contributed by atoms with Crippen LogP contribution in [-0.2, 0) is 0 Å². The van der Waals surface area contributed by atoms with Gasteiger partial charge in [-0.2, -0.15) is 5.10 Å². The first-order valence-corrected chi connectivity index (χ1v) is 12.2. The molecule has 0 fully saturated rings. The summed E-state index contributed by atoms with van der Waals surface area (Å²) in [6.45, 7) is 5.93. The molecule has 7 nitrogen and oxygen atoms in total. The summed E-state index contributed by atoms with van der Waals surface area (Å²) in [6.07, 6.45) is 1.45. The van der Waals surface area contributed by atoms with Crippen LogP contribution in [0.1, 0.15) is 44.5 Å². The molecule has 0 aliphatic carbocycles. The van der Waals surface area contributed by atoms with E-state index >= 15 is 0 Å². The van der Waals surface area contributed by atoms with E-state index in [1.165, 1.54) is 11.8 Å². The molecule has 3 aromatic carbocycles. The summed E-state index contributed by atoms with van der Waals surface area (Å²) in [5.74, 6) is -0.417. The van der Waals surface area contributed by atoms with Crippen LogP contribution in [0.15, 0.2) is 101 Å². The summed E-state index contributed by atoms with van der Waals surface area (Å²) in [7, 11) is 0. The number of carbonyl (C=O) groups is 2. The van der Waals surface area contributed by atoms with Crippen molar-refractivity contribution in [3.05, 3.63) is 119 Å². The Morgan fingerprint density at radius 2 is 1.63 bits per heavy atom. The maximum absolute atomic E-state index is 13.3. The third-order valence-electron chi connectivity index (χ3n) is 6.39. The molecule has 7 heteroatoms. The van der Waals surface area contributed by atoms with Crippen molar-refractivity contribution in [2.45, 2.75) is 20.8 Å². The molecule has 0 aliphatic rings. The topological polar surface area (TPSA) is 96.6 Å². The Morgan fingerprint density at radius 3 is 2.37 bits per heavy atom. The number of nitrogens with zero attached hydrogens (tertiary/aromatic N) is 2. The van der Waals surface area contributed by atoms with Crippen molar-refractivity contribution >= 4 is 34.1 Å². The second kappa shape index (κ2) is 10.5. The molecule has 2 aromatic heterocycles. The lowest BCUT2D eigenvalue weighted by atomic mass is 10.0. The second-order valence-corrected chi connectivity index (χ2v) is 9.02. The number of aryl methyl sites for hydroxylation is 2. The van der Waals surface area contributed by atoms with Gasteiger partial charge in [-0.3, -0.25) is 9.59 Å². The van der Waals surface area contributed by atoms with Crippen molar-refractivity contribution in [2.24, 2.45) is 5.10 Å². The van der Waals surface area contributed by atoms with Crippen LogP contribution in [0.5, 0.6) is 0 Å². The van der Waals surface area contributed by atoms with Gasteiger partial charge in [-0.25, -0.2) is 10.4 Å². The highest BCUT2D eigenvalue weighted by molar-refractivity contribution is 6.08. The minimum Gasteiger partial charge on any atom is -0.459 e. The summed E-state index contributed by atoms with van der Waals surface area (Å²) in [5, 5.41) is 7.86. The van der Waals surface area contributed by atoms with Crippen LogP contribution in [0.4, 0.5) is 5.69 Å². The third-order valence-corrected chi connectivity index (χ3v) is 6.39. The van der Waals surface area contributed by atoms with Crippen LogP contribution >= 0.6 is 0 Å². The molecule has 0 saturated carbocycles. The van der Waals surface area contributed by atoms with Gasteiger partial charge in [0.2, 0.25) is 0 Å². The van der Waals surface area contributed by atoms with Crippen molar-refractivity contribution in [1.29, 1.82) is 0 Å². The number of benzene rings is 3. The predicted molar refractivity (Wildman–Crippen MR) is 149 cm³/mol. The van der Waals surface area contributed by atoms with Crippen LogP contribution < -0.4 is 10.7 Å². The first-order chi connectivity index (χ1) is 18.4. The summed E-state index contributed by atoms with van der Waals surface area (Å²) in [6, 6.07) is 26.0. The highest BCUT2D eigenvalue weighted by atomic mass is 16.3. The van der Waals surface area contributed by atoms with E-state index in [0.29, 0.717) is 17.0 Å². The fourth-order valence-corrected chi connectivity index (χ4v) is 4.07. The van der Waals surface area contributed by atoms with Crippen molar-refractivity contribution < 1.29 is 14.0 Å². The molecule has 38 heavy (non-hydrogen) atoms. The Labute approximate surface area is 220 Å². The number of rotatable bonds is 6. The van der Waals surface area contributed by atoms with E-state index in [0.717, 1.165) is 33.3 Å². The fourth-order valence-electron chi connectivity index (χ4n) is 4.07. The summed E-state index contributed by atoms with van der Waals surface area (Å²) >= 11 is 0. The number of carbonyl (C=O) groups excluding carboxylic acids is 2. The molecular weight excluding hydrogens is 476 g/mol. The van der Waals surface area contributed by atoms with Crippen molar-refractivity contribution in [3.63, 3.8) is 0 Å². The van der Waals surface area contributed by atoms with Gasteiger partial charge < -0.3 is 9.73 Å². The Morgan fingerprint density at radius 1 is 0.842 bits per heavy atom.